The first-order valence-electron chi connectivity index (χ1n) is 11.7. The Morgan fingerprint density at radius 2 is 1.52 bits per heavy atom. The number of amides is 2. The fraction of sp³-hybridized carbons (Fsp3) is 0.680. The van der Waals surface area contributed by atoms with Gasteiger partial charge in [0.25, 0.3) is 5.91 Å². The zero-order chi connectivity index (χ0) is 22.5. The van der Waals surface area contributed by atoms with Gasteiger partial charge in [-0.05, 0) is 56.1 Å². The third-order valence-electron chi connectivity index (χ3n) is 7.00. The summed E-state index contributed by atoms with van der Waals surface area (Å²) < 4.78 is 10.6. The summed E-state index contributed by atoms with van der Waals surface area (Å²) in [4.78, 5) is 30.5. The van der Waals surface area contributed by atoms with Crippen molar-refractivity contribution in [3.8, 4) is 11.5 Å². The molecule has 172 valence electrons. The number of carbonyl (C=O) groups excluding carboxylic acids is 2. The molecule has 2 fully saturated rings. The molecule has 2 aliphatic rings. The Bertz CT molecular complexity index is 749. The molecule has 2 amide bonds. The van der Waals surface area contributed by atoms with Gasteiger partial charge in [0.15, 0.2) is 0 Å². The van der Waals surface area contributed by atoms with Crippen molar-refractivity contribution in [2.75, 3.05) is 33.9 Å². The van der Waals surface area contributed by atoms with Gasteiger partial charge in [0.2, 0.25) is 5.91 Å². The van der Waals surface area contributed by atoms with Crippen molar-refractivity contribution in [2.24, 2.45) is 17.8 Å². The van der Waals surface area contributed by atoms with E-state index < -0.39 is 0 Å². The minimum Gasteiger partial charge on any atom is -0.497 e. The molecule has 2 aliphatic heterocycles. The maximum absolute atomic E-state index is 13.4. The Morgan fingerprint density at radius 3 is 2.06 bits per heavy atom. The van der Waals surface area contributed by atoms with Gasteiger partial charge in [0.05, 0.1) is 14.2 Å². The monoisotopic (exact) mass is 430 g/mol. The van der Waals surface area contributed by atoms with Crippen LogP contribution in [-0.4, -0.2) is 61.5 Å². The molecule has 3 rings (SSSR count). The van der Waals surface area contributed by atoms with Crippen LogP contribution in [0.1, 0.15) is 63.2 Å². The quantitative estimate of drug-likeness (QED) is 0.701. The second-order valence-electron chi connectivity index (χ2n) is 9.48. The number of likely N-dealkylation sites (tertiary alicyclic amines) is 2. The molecular weight excluding hydrogens is 392 g/mol. The molecule has 0 spiro atoms. The average Bonchev–Trinajstić information content (AvgIpc) is 2.99. The Kier molecular flexibility index (Phi) is 7.84. The van der Waals surface area contributed by atoms with Crippen molar-refractivity contribution in [2.45, 2.75) is 58.9 Å². The predicted molar refractivity (Wildman–Crippen MR) is 122 cm³/mol. The van der Waals surface area contributed by atoms with Gasteiger partial charge in [0.1, 0.15) is 11.5 Å². The molecule has 0 N–H and O–H groups in total. The highest BCUT2D eigenvalue weighted by atomic mass is 16.5. The maximum Gasteiger partial charge on any atom is 0.254 e. The standard InChI is InChI=1S/C25H38N2O4/c1-17(2)23-7-6-18(3)8-13-27(23)25(29)19-9-11-26(12-10-19)24(28)20-14-21(30-4)16-22(15-20)31-5/h14-19,23H,6-13H2,1-5H3. The van der Waals surface area contributed by atoms with Gasteiger partial charge >= 0.3 is 0 Å². The third kappa shape index (κ3) is 5.52. The van der Waals surface area contributed by atoms with E-state index in [1.807, 2.05) is 4.90 Å². The Hall–Kier alpha value is -2.24. The van der Waals surface area contributed by atoms with E-state index >= 15 is 0 Å². The van der Waals surface area contributed by atoms with Crippen molar-refractivity contribution in [1.29, 1.82) is 0 Å². The summed E-state index contributed by atoms with van der Waals surface area (Å²) in [5, 5.41) is 0. The molecule has 6 heteroatoms. The van der Waals surface area contributed by atoms with Gasteiger partial charge in [-0.15, -0.1) is 0 Å². The van der Waals surface area contributed by atoms with E-state index in [-0.39, 0.29) is 11.8 Å². The highest BCUT2D eigenvalue weighted by molar-refractivity contribution is 5.95. The van der Waals surface area contributed by atoms with E-state index in [0.29, 0.717) is 53.9 Å². The highest BCUT2D eigenvalue weighted by Crippen LogP contribution is 2.30. The second-order valence-corrected chi connectivity index (χ2v) is 9.48. The van der Waals surface area contributed by atoms with Crippen LogP contribution < -0.4 is 9.47 Å². The minimum atomic E-state index is -0.0354. The van der Waals surface area contributed by atoms with Crippen molar-refractivity contribution in [3.63, 3.8) is 0 Å². The summed E-state index contributed by atoms with van der Waals surface area (Å²) in [5.74, 6) is 2.62. The lowest BCUT2D eigenvalue weighted by molar-refractivity contribution is -0.140. The van der Waals surface area contributed by atoms with Crippen molar-refractivity contribution in [1.82, 2.24) is 9.80 Å². The van der Waals surface area contributed by atoms with E-state index in [1.54, 1.807) is 32.4 Å². The van der Waals surface area contributed by atoms with Crippen molar-refractivity contribution >= 4 is 11.8 Å². The molecule has 0 aromatic heterocycles. The van der Waals surface area contributed by atoms with E-state index in [2.05, 4.69) is 25.7 Å². The summed E-state index contributed by atoms with van der Waals surface area (Å²) in [7, 11) is 3.16. The lowest BCUT2D eigenvalue weighted by Gasteiger charge is -2.38. The molecular formula is C25H38N2O4. The minimum absolute atomic E-state index is 0.0125. The van der Waals surface area contributed by atoms with Crippen LogP contribution in [0.15, 0.2) is 18.2 Å². The van der Waals surface area contributed by atoms with Gasteiger partial charge in [-0.25, -0.2) is 0 Å². The molecule has 2 atom stereocenters. The van der Waals surface area contributed by atoms with Crippen LogP contribution in [0.3, 0.4) is 0 Å². The number of hydrogen-bond donors (Lipinski definition) is 0. The number of nitrogens with zero attached hydrogens (tertiary/aromatic N) is 2. The largest absolute Gasteiger partial charge is 0.497 e. The van der Waals surface area contributed by atoms with Crippen LogP contribution >= 0.6 is 0 Å². The summed E-state index contributed by atoms with van der Waals surface area (Å²) in [5.41, 5.74) is 0.558. The summed E-state index contributed by atoms with van der Waals surface area (Å²) in [6.07, 6.45) is 4.83. The predicted octanol–water partition coefficient (Wildman–Crippen LogP) is 4.23. The smallest absolute Gasteiger partial charge is 0.254 e. The second kappa shape index (κ2) is 10.4. The SMILES string of the molecule is COc1cc(OC)cc(C(=O)N2CCC(C(=O)N3CCC(C)CCC3C(C)C)CC2)c1. The number of carbonyl (C=O) groups is 2. The van der Waals surface area contributed by atoms with Gasteiger partial charge in [0, 0.05) is 43.2 Å². The number of hydrogen-bond acceptors (Lipinski definition) is 4. The first-order valence-corrected chi connectivity index (χ1v) is 11.7. The molecule has 2 saturated heterocycles. The normalized spacial score (nSPS) is 22.9. The zero-order valence-corrected chi connectivity index (χ0v) is 19.7. The summed E-state index contributed by atoms with van der Waals surface area (Å²) in [6.45, 7) is 8.82. The molecule has 1 aromatic rings. The number of rotatable bonds is 5. The van der Waals surface area contributed by atoms with Crippen molar-refractivity contribution in [3.05, 3.63) is 23.8 Å². The molecule has 0 bridgehead atoms. The Labute approximate surface area is 186 Å². The fourth-order valence-electron chi connectivity index (χ4n) is 4.93. The lowest BCUT2D eigenvalue weighted by Crippen LogP contribution is -2.49. The zero-order valence-electron chi connectivity index (χ0n) is 19.7. The van der Waals surface area contributed by atoms with Crippen LogP contribution in [-0.2, 0) is 4.79 Å². The molecule has 1 aromatic carbocycles. The third-order valence-corrected chi connectivity index (χ3v) is 7.00. The molecule has 2 unspecified atom stereocenters. The van der Waals surface area contributed by atoms with E-state index in [1.165, 1.54) is 6.42 Å². The molecule has 0 saturated carbocycles. The summed E-state index contributed by atoms with van der Waals surface area (Å²) >= 11 is 0. The molecule has 6 nitrogen and oxygen atoms in total. The lowest BCUT2D eigenvalue weighted by atomic mass is 9.91. The number of piperidine rings is 1. The average molecular weight is 431 g/mol. The number of benzene rings is 1. The van der Waals surface area contributed by atoms with Crippen molar-refractivity contribution < 1.29 is 19.1 Å². The first kappa shape index (κ1) is 23.4. The fourth-order valence-corrected chi connectivity index (χ4v) is 4.93. The molecule has 0 aliphatic carbocycles. The Balaban J connectivity index is 1.64. The highest BCUT2D eigenvalue weighted by Gasteiger charge is 2.35. The summed E-state index contributed by atoms with van der Waals surface area (Å²) in [6, 6.07) is 5.58. The van der Waals surface area contributed by atoms with Crippen LogP contribution in [0.2, 0.25) is 0 Å². The van der Waals surface area contributed by atoms with Crippen LogP contribution in [0.5, 0.6) is 11.5 Å². The van der Waals surface area contributed by atoms with E-state index in [0.717, 1.165) is 32.2 Å². The first-order chi connectivity index (χ1) is 14.8. The van der Waals surface area contributed by atoms with Gasteiger partial charge < -0.3 is 19.3 Å². The van der Waals surface area contributed by atoms with Gasteiger partial charge in [-0.3, -0.25) is 9.59 Å². The van der Waals surface area contributed by atoms with E-state index in [9.17, 15) is 9.59 Å². The number of methoxy groups -OCH3 is 2. The van der Waals surface area contributed by atoms with E-state index in [4.69, 9.17) is 9.47 Å². The van der Waals surface area contributed by atoms with Gasteiger partial charge in [-0.2, -0.15) is 0 Å². The molecule has 31 heavy (non-hydrogen) atoms. The Morgan fingerprint density at radius 1 is 0.903 bits per heavy atom. The number of ether oxygens (including phenoxy) is 2. The maximum atomic E-state index is 13.4. The molecule has 0 radical (unpaired) electrons. The van der Waals surface area contributed by atoms with Gasteiger partial charge in [-0.1, -0.05) is 20.8 Å². The topological polar surface area (TPSA) is 59.1 Å². The van der Waals surface area contributed by atoms with Crippen LogP contribution in [0.4, 0.5) is 0 Å². The van der Waals surface area contributed by atoms with Crippen LogP contribution in [0, 0.1) is 17.8 Å². The van der Waals surface area contributed by atoms with Crippen LogP contribution in [0.25, 0.3) is 0 Å². The molecule has 2 heterocycles.